The van der Waals surface area contributed by atoms with Gasteiger partial charge in [0.25, 0.3) is 0 Å². The molecule has 0 atom stereocenters. The van der Waals surface area contributed by atoms with Crippen LogP contribution in [0.15, 0.2) is 47.8 Å². The van der Waals surface area contributed by atoms with Crippen molar-refractivity contribution in [1.29, 1.82) is 0 Å². The minimum absolute atomic E-state index is 0.0517. The standard InChI is InChI=1S/C24H33NO5/c1-6-9-14-30-21-13-11-10-12-18(21)22-19(23(26)28-7-2)15-25(17(4)5)16-20(22)24(27)29-8-3/h10-13,15-17,22H,6-9,14H2,1-5H3. The smallest absolute Gasteiger partial charge is 0.336 e. The molecule has 1 heterocycles. The summed E-state index contributed by atoms with van der Waals surface area (Å²) in [4.78, 5) is 27.7. The lowest BCUT2D eigenvalue weighted by atomic mass is 9.82. The van der Waals surface area contributed by atoms with Gasteiger partial charge in [0.05, 0.1) is 36.9 Å². The first-order chi connectivity index (χ1) is 14.4. The monoisotopic (exact) mass is 415 g/mol. The van der Waals surface area contributed by atoms with Crippen LogP contribution in [0.3, 0.4) is 0 Å². The molecule has 6 nitrogen and oxygen atoms in total. The van der Waals surface area contributed by atoms with Crippen molar-refractivity contribution in [3.63, 3.8) is 0 Å². The fourth-order valence-corrected chi connectivity index (χ4v) is 3.26. The third kappa shape index (κ3) is 5.65. The van der Waals surface area contributed by atoms with Crippen LogP contribution in [-0.2, 0) is 19.1 Å². The van der Waals surface area contributed by atoms with Crippen molar-refractivity contribution < 1.29 is 23.8 Å². The van der Waals surface area contributed by atoms with Gasteiger partial charge in [-0.2, -0.15) is 0 Å². The summed E-state index contributed by atoms with van der Waals surface area (Å²) in [6.07, 6.45) is 5.45. The SMILES string of the molecule is CCCCOc1ccccc1C1C(C(=O)OCC)=CN(C(C)C)C=C1C(=O)OCC. The molecule has 0 aromatic heterocycles. The number of rotatable bonds is 10. The first-order valence-electron chi connectivity index (χ1n) is 10.7. The number of hydrogen-bond donors (Lipinski definition) is 0. The summed E-state index contributed by atoms with van der Waals surface area (Å²) in [6.45, 7) is 10.7. The Bertz CT molecular complexity index is 761. The van der Waals surface area contributed by atoms with Crippen molar-refractivity contribution >= 4 is 11.9 Å². The summed E-state index contributed by atoms with van der Waals surface area (Å²) < 4.78 is 16.7. The molecule has 0 fully saturated rings. The Kier molecular flexibility index (Phi) is 8.96. The maximum Gasteiger partial charge on any atom is 0.336 e. The molecule has 0 saturated carbocycles. The molecule has 164 valence electrons. The molecule has 1 aliphatic rings. The van der Waals surface area contributed by atoms with Crippen molar-refractivity contribution in [3.05, 3.63) is 53.4 Å². The Morgan fingerprint density at radius 2 is 1.53 bits per heavy atom. The van der Waals surface area contributed by atoms with E-state index in [9.17, 15) is 9.59 Å². The van der Waals surface area contributed by atoms with Gasteiger partial charge in [0, 0.05) is 24.0 Å². The second kappa shape index (κ2) is 11.4. The highest BCUT2D eigenvalue weighted by atomic mass is 16.5. The van der Waals surface area contributed by atoms with Crippen LogP contribution in [0.4, 0.5) is 0 Å². The van der Waals surface area contributed by atoms with E-state index in [1.165, 1.54) is 0 Å². The number of unbranched alkanes of at least 4 members (excludes halogenated alkanes) is 1. The Labute approximate surface area is 179 Å². The topological polar surface area (TPSA) is 65.1 Å². The molecule has 0 amide bonds. The zero-order chi connectivity index (χ0) is 22.1. The Balaban J connectivity index is 2.60. The molecule has 1 aromatic carbocycles. The van der Waals surface area contributed by atoms with Gasteiger partial charge >= 0.3 is 11.9 Å². The fourth-order valence-electron chi connectivity index (χ4n) is 3.26. The first-order valence-corrected chi connectivity index (χ1v) is 10.7. The van der Waals surface area contributed by atoms with Crippen molar-refractivity contribution in [2.45, 2.75) is 59.4 Å². The van der Waals surface area contributed by atoms with Crippen molar-refractivity contribution in [3.8, 4) is 5.75 Å². The van der Waals surface area contributed by atoms with Crippen LogP contribution in [0.1, 0.15) is 58.9 Å². The second-order valence-electron chi connectivity index (χ2n) is 7.32. The van der Waals surface area contributed by atoms with Gasteiger partial charge in [-0.15, -0.1) is 0 Å². The Hall–Kier alpha value is -2.76. The van der Waals surface area contributed by atoms with Gasteiger partial charge in [0.15, 0.2) is 0 Å². The lowest BCUT2D eigenvalue weighted by molar-refractivity contribution is -0.139. The van der Waals surface area contributed by atoms with Crippen molar-refractivity contribution in [2.75, 3.05) is 19.8 Å². The maximum absolute atomic E-state index is 12.9. The van der Waals surface area contributed by atoms with E-state index in [0.29, 0.717) is 23.5 Å². The molecule has 30 heavy (non-hydrogen) atoms. The van der Waals surface area contributed by atoms with Crippen molar-refractivity contribution in [2.24, 2.45) is 0 Å². The van der Waals surface area contributed by atoms with Crippen LogP contribution in [0, 0.1) is 0 Å². The second-order valence-corrected chi connectivity index (χ2v) is 7.32. The van der Waals surface area contributed by atoms with Gasteiger partial charge in [-0.3, -0.25) is 0 Å². The molecular formula is C24H33NO5. The molecule has 6 heteroatoms. The number of carbonyl (C=O) groups is 2. The summed E-state index contributed by atoms with van der Waals surface area (Å²) in [5, 5.41) is 0. The molecule has 0 spiro atoms. The molecule has 2 rings (SSSR count). The van der Waals surface area contributed by atoms with Gasteiger partial charge < -0.3 is 19.1 Å². The molecule has 0 bridgehead atoms. The highest BCUT2D eigenvalue weighted by Gasteiger charge is 2.37. The molecular weight excluding hydrogens is 382 g/mol. The van der Waals surface area contributed by atoms with E-state index in [0.717, 1.165) is 18.4 Å². The summed E-state index contributed by atoms with van der Waals surface area (Å²) >= 11 is 0. The van der Waals surface area contributed by atoms with E-state index in [-0.39, 0.29) is 19.3 Å². The van der Waals surface area contributed by atoms with E-state index in [2.05, 4.69) is 6.92 Å². The van der Waals surface area contributed by atoms with Gasteiger partial charge in [-0.25, -0.2) is 9.59 Å². The molecule has 0 saturated heterocycles. The van der Waals surface area contributed by atoms with E-state index in [1.807, 2.05) is 43.0 Å². The molecule has 0 unspecified atom stereocenters. The minimum atomic E-state index is -0.629. The quantitative estimate of drug-likeness (QED) is 0.412. The minimum Gasteiger partial charge on any atom is -0.493 e. The number of esters is 2. The highest BCUT2D eigenvalue weighted by molar-refractivity contribution is 5.99. The normalized spacial score (nSPS) is 14.3. The molecule has 1 aliphatic heterocycles. The number of benzene rings is 1. The molecule has 0 N–H and O–H groups in total. The predicted octanol–water partition coefficient (Wildman–Crippen LogP) is 4.57. The van der Waals surface area contributed by atoms with Crippen LogP contribution in [0.2, 0.25) is 0 Å². The largest absolute Gasteiger partial charge is 0.493 e. The zero-order valence-electron chi connectivity index (χ0n) is 18.6. The Morgan fingerprint density at radius 3 is 2.03 bits per heavy atom. The average molecular weight is 416 g/mol. The third-order valence-corrected chi connectivity index (χ3v) is 4.80. The van der Waals surface area contributed by atoms with Gasteiger partial charge in [-0.1, -0.05) is 31.5 Å². The highest BCUT2D eigenvalue weighted by Crippen LogP contribution is 2.41. The first kappa shape index (κ1) is 23.5. The summed E-state index contributed by atoms with van der Waals surface area (Å²) in [6, 6.07) is 7.57. The fraction of sp³-hybridized carbons (Fsp3) is 0.500. The summed E-state index contributed by atoms with van der Waals surface area (Å²) in [7, 11) is 0. The van der Waals surface area contributed by atoms with Crippen molar-refractivity contribution in [1.82, 2.24) is 4.90 Å². The number of carbonyl (C=O) groups excluding carboxylic acids is 2. The van der Waals surface area contributed by atoms with Crippen LogP contribution >= 0.6 is 0 Å². The zero-order valence-corrected chi connectivity index (χ0v) is 18.6. The number of hydrogen-bond acceptors (Lipinski definition) is 6. The van der Waals surface area contributed by atoms with Gasteiger partial charge in [0.1, 0.15) is 5.75 Å². The maximum atomic E-state index is 12.9. The molecule has 0 aliphatic carbocycles. The van der Waals surface area contributed by atoms with E-state index in [4.69, 9.17) is 14.2 Å². The Morgan fingerprint density at radius 1 is 0.967 bits per heavy atom. The molecule has 1 aromatic rings. The molecule has 0 radical (unpaired) electrons. The lowest BCUT2D eigenvalue weighted by Gasteiger charge is -2.33. The third-order valence-electron chi connectivity index (χ3n) is 4.80. The summed E-state index contributed by atoms with van der Waals surface area (Å²) in [5.74, 6) is -0.881. The summed E-state index contributed by atoms with van der Waals surface area (Å²) in [5.41, 5.74) is 1.53. The van der Waals surface area contributed by atoms with Crippen LogP contribution in [0.5, 0.6) is 5.75 Å². The van der Waals surface area contributed by atoms with Crippen LogP contribution in [0.25, 0.3) is 0 Å². The predicted molar refractivity (Wildman–Crippen MR) is 116 cm³/mol. The lowest BCUT2D eigenvalue weighted by Crippen LogP contribution is -2.32. The average Bonchev–Trinajstić information content (AvgIpc) is 2.73. The number of para-hydroxylation sites is 1. The van der Waals surface area contributed by atoms with Crippen LogP contribution in [-0.4, -0.2) is 42.7 Å². The van der Waals surface area contributed by atoms with E-state index >= 15 is 0 Å². The van der Waals surface area contributed by atoms with Gasteiger partial charge in [0.2, 0.25) is 0 Å². The number of ether oxygens (including phenoxy) is 3. The van der Waals surface area contributed by atoms with E-state index < -0.39 is 17.9 Å². The van der Waals surface area contributed by atoms with E-state index in [1.54, 1.807) is 26.2 Å². The number of nitrogens with zero attached hydrogens (tertiary/aromatic N) is 1. The van der Waals surface area contributed by atoms with Gasteiger partial charge in [-0.05, 0) is 40.2 Å². The van der Waals surface area contributed by atoms with Crippen LogP contribution < -0.4 is 4.74 Å².